The molecule has 0 radical (unpaired) electrons. The van der Waals surface area contributed by atoms with Crippen molar-refractivity contribution in [1.82, 2.24) is 23.8 Å². The SMILES string of the molecule is N.N.N.N=C(N)NCCCC(N)C(=O)O.O=[PH](O)O. The largest absolute Gasteiger partial charge is 0.480 e. The number of hydrogen-bond acceptors (Lipinski definition) is 7. The topological polar surface area (TPSA) is 288 Å². The van der Waals surface area contributed by atoms with Crippen molar-refractivity contribution in [3.63, 3.8) is 0 Å². The van der Waals surface area contributed by atoms with E-state index in [4.69, 9.17) is 36.3 Å². The van der Waals surface area contributed by atoms with Gasteiger partial charge >= 0.3 is 14.2 Å². The zero-order chi connectivity index (χ0) is 13.1. The summed E-state index contributed by atoms with van der Waals surface area (Å²) >= 11 is 0. The summed E-state index contributed by atoms with van der Waals surface area (Å²) in [6.45, 7) is 0.482. The van der Waals surface area contributed by atoms with Crippen molar-refractivity contribution in [2.75, 3.05) is 6.54 Å². The second kappa shape index (κ2) is 19.1. The van der Waals surface area contributed by atoms with Crippen LogP contribution in [0, 0.1) is 5.41 Å². The molecule has 0 saturated carbocycles. The molecular weight excluding hydrogens is 281 g/mol. The first-order valence-electron chi connectivity index (χ1n) is 4.25. The lowest BCUT2D eigenvalue weighted by atomic mass is 10.2. The zero-order valence-corrected chi connectivity index (χ0v) is 11.6. The Bertz CT molecular complexity index is 250. The summed E-state index contributed by atoms with van der Waals surface area (Å²) in [7, 11) is -3.13. The molecule has 0 aliphatic rings. The molecule has 0 bridgehead atoms. The maximum Gasteiger partial charge on any atom is 0.320 e. The normalized spacial score (nSPS) is 9.47. The Labute approximate surface area is 111 Å². The van der Waals surface area contributed by atoms with Crippen LogP contribution in [0.3, 0.4) is 0 Å². The molecule has 0 aromatic rings. The second-order valence-corrected chi connectivity index (χ2v) is 3.28. The minimum absolute atomic E-state index is 0. The molecule has 0 fully saturated rings. The summed E-state index contributed by atoms with van der Waals surface area (Å²) in [6.07, 6.45) is 0.975. The Balaban J connectivity index is -0.0000000827. The van der Waals surface area contributed by atoms with Crippen LogP contribution in [0.25, 0.3) is 0 Å². The second-order valence-electron chi connectivity index (χ2n) is 2.71. The summed E-state index contributed by atoms with van der Waals surface area (Å²) in [4.78, 5) is 24.5. The number of guanidine groups is 1. The van der Waals surface area contributed by atoms with Crippen LogP contribution in [0.2, 0.25) is 0 Å². The van der Waals surface area contributed by atoms with E-state index < -0.39 is 20.3 Å². The first-order chi connectivity index (χ1) is 7.27. The van der Waals surface area contributed by atoms with E-state index in [0.29, 0.717) is 19.4 Å². The van der Waals surface area contributed by atoms with Gasteiger partial charge in [-0.1, -0.05) is 0 Å². The van der Waals surface area contributed by atoms with Gasteiger partial charge in [0.25, 0.3) is 0 Å². The molecule has 18 N–H and O–H groups in total. The Morgan fingerprint density at radius 1 is 1.32 bits per heavy atom. The van der Waals surface area contributed by atoms with Gasteiger partial charge in [0.05, 0.1) is 0 Å². The lowest BCUT2D eigenvalue weighted by Gasteiger charge is -2.06. The number of carboxylic acids is 1. The van der Waals surface area contributed by atoms with Crippen LogP contribution in [0.1, 0.15) is 12.8 Å². The molecule has 0 aliphatic heterocycles. The van der Waals surface area contributed by atoms with E-state index in [2.05, 4.69) is 5.32 Å². The molecule has 13 heteroatoms. The highest BCUT2D eigenvalue weighted by atomic mass is 31.1. The molecule has 0 aromatic carbocycles. The van der Waals surface area contributed by atoms with Gasteiger partial charge < -0.3 is 50.1 Å². The zero-order valence-electron chi connectivity index (χ0n) is 10.6. The van der Waals surface area contributed by atoms with E-state index in [9.17, 15) is 4.79 Å². The fraction of sp³-hybridized carbons (Fsp3) is 0.667. The van der Waals surface area contributed by atoms with Crippen LogP contribution in [0.15, 0.2) is 0 Å². The van der Waals surface area contributed by atoms with Gasteiger partial charge in [0.1, 0.15) is 6.04 Å². The third-order valence-corrected chi connectivity index (χ3v) is 1.32. The lowest BCUT2D eigenvalue weighted by Crippen LogP contribution is -2.34. The molecule has 1 unspecified atom stereocenters. The smallest absolute Gasteiger partial charge is 0.320 e. The molecule has 1 atom stereocenters. The van der Waals surface area contributed by atoms with E-state index in [-0.39, 0.29) is 24.4 Å². The Hall–Kier alpha value is -1.27. The van der Waals surface area contributed by atoms with Gasteiger partial charge in [-0.25, -0.2) is 0 Å². The van der Waals surface area contributed by atoms with Crippen molar-refractivity contribution < 1.29 is 24.3 Å². The molecule has 0 aromatic heterocycles. The van der Waals surface area contributed by atoms with Crippen LogP contribution in [-0.2, 0) is 9.36 Å². The number of rotatable bonds is 5. The Morgan fingerprint density at radius 2 is 1.68 bits per heavy atom. The van der Waals surface area contributed by atoms with Gasteiger partial charge in [-0.05, 0) is 12.8 Å². The minimum Gasteiger partial charge on any atom is -0.480 e. The van der Waals surface area contributed by atoms with Crippen LogP contribution < -0.4 is 35.2 Å². The molecule has 0 aliphatic carbocycles. The van der Waals surface area contributed by atoms with Crippen LogP contribution in [0.5, 0.6) is 0 Å². The highest BCUT2D eigenvalue weighted by Crippen LogP contribution is 1.98. The molecular formula is C6H26N7O5P. The maximum atomic E-state index is 10.2. The highest BCUT2D eigenvalue weighted by Gasteiger charge is 2.09. The molecule has 0 amide bonds. The van der Waals surface area contributed by atoms with E-state index in [1.807, 2.05) is 0 Å². The molecule has 0 heterocycles. The molecule has 12 nitrogen and oxygen atoms in total. The van der Waals surface area contributed by atoms with Gasteiger partial charge in [-0.3, -0.25) is 14.8 Å². The predicted molar refractivity (Wildman–Crippen MR) is 73.3 cm³/mol. The van der Waals surface area contributed by atoms with E-state index in [1.54, 1.807) is 0 Å². The van der Waals surface area contributed by atoms with Crippen LogP contribution >= 0.6 is 8.25 Å². The van der Waals surface area contributed by atoms with Gasteiger partial charge in [0.15, 0.2) is 5.96 Å². The number of aliphatic carboxylic acids is 1. The fourth-order valence-corrected chi connectivity index (χ4v) is 0.669. The highest BCUT2D eigenvalue weighted by molar-refractivity contribution is 7.30. The molecule has 0 saturated heterocycles. The van der Waals surface area contributed by atoms with E-state index in [1.165, 1.54) is 0 Å². The maximum absolute atomic E-state index is 10.2. The Kier molecular flexibility index (Phi) is 30.7. The predicted octanol–water partition coefficient (Wildman–Crippen LogP) is -1.49. The van der Waals surface area contributed by atoms with Crippen molar-refractivity contribution in [2.45, 2.75) is 18.9 Å². The summed E-state index contributed by atoms with van der Waals surface area (Å²) in [5.41, 5.74) is 10.2. The summed E-state index contributed by atoms with van der Waals surface area (Å²) in [5, 5.41) is 17.7. The van der Waals surface area contributed by atoms with Gasteiger partial charge in [-0.2, -0.15) is 0 Å². The van der Waals surface area contributed by atoms with Crippen molar-refractivity contribution in [3.05, 3.63) is 0 Å². The first kappa shape index (κ1) is 30.6. The quantitative estimate of drug-likeness (QED) is 0.121. The average Bonchev–Trinajstić information content (AvgIpc) is 2.10. The lowest BCUT2D eigenvalue weighted by molar-refractivity contribution is -0.138. The van der Waals surface area contributed by atoms with Gasteiger partial charge in [-0.15, -0.1) is 0 Å². The van der Waals surface area contributed by atoms with Crippen molar-refractivity contribution in [1.29, 1.82) is 5.41 Å². The number of nitrogens with one attached hydrogen (secondary N) is 2. The van der Waals surface area contributed by atoms with Gasteiger partial charge in [0.2, 0.25) is 0 Å². The van der Waals surface area contributed by atoms with E-state index in [0.717, 1.165) is 0 Å². The molecule has 0 spiro atoms. The Morgan fingerprint density at radius 3 is 1.95 bits per heavy atom. The summed E-state index contributed by atoms with van der Waals surface area (Å²) in [5.74, 6) is -1.11. The first-order valence-corrected chi connectivity index (χ1v) is 5.55. The number of carboxylic acid groups (broad SMARTS) is 1. The molecule has 0 rings (SSSR count). The number of carbonyl (C=O) groups is 1. The standard InChI is InChI=1S/C6H14N4O2.3H3N.H3O3P/c7-4(5(11)12)2-1-3-10-6(8)9;;;;1-4(2)3/h4H,1-3,7H2,(H,11,12)(H4,8,9,10);3*1H3;4H,(H2,1,2,3). The van der Waals surface area contributed by atoms with Crippen molar-refractivity contribution in [3.8, 4) is 0 Å². The van der Waals surface area contributed by atoms with Crippen molar-refractivity contribution in [2.24, 2.45) is 11.5 Å². The fourth-order valence-electron chi connectivity index (χ4n) is 0.669. The van der Waals surface area contributed by atoms with Crippen molar-refractivity contribution >= 4 is 20.2 Å². The third kappa shape index (κ3) is 38.3. The monoisotopic (exact) mass is 307 g/mol. The summed E-state index contributed by atoms with van der Waals surface area (Å²) < 4.78 is 8.74. The van der Waals surface area contributed by atoms with E-state index >= 15 is 0 Å². The number of nitrogens with two attached hydrogens (primary N) is 2. The third-order valence-electron chi connectivity index (χ3n) is 1.32. The molecule has 120 valence electrons. The van der Waals surface area contributed by atoms with Crippen LogP contribution in [-0.4, -0.2) is 39.4 Å². The minimum atomic E-state index is -3.13. The van der Waals surface area contributed by atoms with Gasteiger partial charge in [0, 0.05) is 6.54 Å². The number of hydrogen-bond donors (Lipinski definition) is 10. The molecule has 19 heavy (non-hydrogen) atoms. The van der Waals surface area contributed by atoms with Crippen LogP contribution in [0.4, 0.5) is 0 Å². The average molecular weight is 307 g/mol. The summed E-state index contributed by atoms with van der Waals surface area (Å²) in [6, 6.07) is -0.821.